The highest BCUT2D eigenvalue weighted by atomic mass is 127. The normalized spacial score (nSPS) is 23.8. The third-order valence-electron chi connectivity index (χ3n) is 4.66. The van der Waals surface area contributed by atoms with E-state index in [-0.39, 0.29) is 12.7 Å². The van der Waals surface area contributed by atoms with Crippen LogP contribution < -0.4 is 0 Å². The van der Waals surface area contributed by atoms with Crippen LogP contribution in [0.1, 0.15) is 50.4 Å². The van der Waals surface area contributed by atoms with Gasteiger partial charge in [0, 0.05) is 3.57 Å². The molecule has 0 aromatic heterocycles. The molecule has 0 amide bonds. The van der Waals surface area contributed by atoms with E-state index in [9.17, 15) is 9.59 Å². The van der Waals surface area contributed by atoms with Gasteiger partial charge in [-0.1, -0.05) is 39.3 Å². The van der Waals surface area contributed by atoms with Crippen molar-refractivity contribution in [3.63, 3.8) is 0 Å². The molecule has 1 aromatic rings. The number of benzene rings is 1. The van der Waals surface area contributed by atoms with Crippen LogP contribution in [0.15, 0.2) is 24.3 Å². The second kappa shape index (κ2) is 8.83. The predicted molar refractivity (Wildman–Crippen MR) is 101 cm³/mol. The van der Waals surface area contributed by atoms with Crippen molar-refractivity contribution >= 4 is 34.5 Å². The smallest absolute Gasteiger partial charge is 0.344 e. The number of hydrogen-bond donors (Lipinski definition) is 0. The lowest BCUT2D eigenvalue weighted by molar-refractivity contribution is -0.159. The molecule has 0 aliphatic heterocycles. The molecular formula is C19H25IO4. The van der Waals surface area contributed by atoms with Crippen molar-refractivity contribution in [3.8, 4) is 0 Å². The maximum absolute atomic E-state index is 12.1. The molecule has 0 bridgehead atoms. The number of carbonyl (C=O) groups excluding carboxylic acids is 2. The quantitative estimate of drug-likeness (QED) is 0.498. The van der Waals surface area contributed by atoms with Crippen LogP contribution in [0.2, 0.25) is 0 Å². The molecule has 0 spiro atoms. The summed E-state index contributed by atoms with van der Waals surface area (Å²) in [6, 6.07) is 7.13. The summed E-state index contributed by atoms with van der Waals surface area (Å²) in [6.07, 6.45) is 3.08. The molecule has 5 heteroatoms. The van der Waals surface area contributed by atoms with Gasteiger partial charge in [0.1, 0.15) is 6.10 Å². The molecule has 3 atom stereocenters. The van der Waals surface area contributed by atoms with Crippen molar-refractivity contribution in [2.45, 2.75) is 46.1 Å². The van der Waals surface area contributed by atoms with Crippen molar-refractivity contribution in [2.24, 2.45) is 17.8 Å². The fourth-order valence-corrected chi connectivity index (χ4v) is 3.89. The van der Waals surface area contributed by atoms with Gasteiger partial charge in [0.25, 0.3) is 0 Å². The van der Waals surface area contributed by atoms with E-state index in [1.807, 2.05) is 12.1 Å². The van der Waals surface area contributed by atoms with Crippen LogP contribution in [-0.4, -0.2) is 24.6 Å². The number of halogens is 1. The Kier molecular flexibility index (Phi) is 7.07. The summed E-state index contributed by atoms with van der Waals surface area (Å²) in [6.45, 7) is 6.19. The van der Waals surface area contributed by atoms with Crippen molar-refractivity contribution < 1.29 is 19.1 Å². The van der Waals surface area contributed by atoms with Gasteiger partial charge in [0.15, 0.2) is 6.61 Å². The SMILES string of the molecule is CC(C)[C@H]1CC[C@H](C)C[C@H]1OC(=O)COC(=O)c1ccccc1I. The van der Waals surface area contributed by atoms with Gasteiger partial charge in [-0.25, -0.2) is 9.59 Å². The van der Waals surface area contributed by atoms with Crippen molar-refractivity contribution in [2.75, 3.05) is 6.61 Å². The average molecular weight is 444 g/mol. The number of ether oxygens (including phenoxy) is 2. The van der Waals surface area contributed by atoms with Crippen LogP contribution in [0.25, 0.3) is 0 Å². The first kappa shape index (κ1) is 19.2. The Labute approximate surface area is 157 Å². The molecule has 2 rings (SSSR count). The van der Waals surface area contributed by atoms with Gasteiger partial charge in [-0.05, 0) is 65.3 Å². The van der Waals surface area contributed by atoms with Gasteiger partial charge in [-0.2, -0.15) is 0 Å². The molecule has 1 aromatic carbocycles. The maximum atomic E-state index is 12.1. The first-order chi connectivity index (χ1) is 11.4. The van der Waals surface area contributed by atoms with Crippen LogP contribution >= 0.6 is 22.6 Å². The van der Waals surface area contributed by atoms with Gasteiger partial charge < -0.3 is 9.47 Å². The summed E-state index contributed by atoms with van der Waals surface area (Å²) < 4.78 is 11.6. The van der Waals surface area contributed by atoms with E-state index in [1.54, 1.807) is 12.1 Å². The molecule has 0 heterocycles. The average Bonchev–Trinajstić information content (AvgIpc) is 2.53. The molecular weight excluding hydrogens is 419 g/mol. The lowest BCUT2D eigenvalue weighted by atomic mass is 9.75. The van der Waals surface area contributed by atoms with Crippen molar-refractivity contribution in [3.05, 3.63) is 33.4 Å². The van der Waals surface area contributed by atoms with Crippen LogP contribution in [-0.2, 0) is 14.3 Å². The minimum absolute atomic E-state index is 0.0724. The summed E-state index contributed by atoms with van der Waals surface area (Å²) in [7, 11) is 0. The molecule has 1 saturated carbocycles. The molecule has 1 aliphatic rings. The van der Waals surface area contributed by atoms with E-state index < -0.39 is 11.9 Å². The highest BCUT2D eigenvalue weighted by Gasteiger charge is 2.33. The van der Waals surface area contributed by atoms with Crippen LogP contribution in [0, 0.1) is 21.3 Å². The molecule has 0 unspecified atom stereocenters. The van der Waals surface area contributed by atoms with Crippen molar-refractivity contribution in [1.29, 1.82) is 0 Å². The minimum atomic E-state index is -0.491. The zero-order valence-corrected chi connectivity index (χ0v) is 16.6. The predicted octanol–water partition coefficient (Wildman–Crippen LogP) is 4.45. The number of hydrogen-bond acceptors (Lipinski definition) is 4. The van der Waals surface area contributed by atoms with Crippen LogP contribution in [0.5, 0.6) is 0 Å². The Morgan fingerprint density at radius 3 is 2.62 bits per heavy atom. The molecule has 1 aliphatic carbocycles. The molecule has 0 N–H and O–H groups in total. The molecule has 0 saturated heterocycles. The van der Waals surface area contributed by atoms with E-state index in [0.29, 0.717) is 23.3 Å². The van der Waals surface area contributed by atoms with E-state index in [4.69, 9.17) is 9.47 Å². The second-order valence-electron chi connectivity index (χ2n) is 6.91. The lowest BCUT2D eigenvalue weighted by Crippen LogP contribution is -2.36. The second-order valence-corrected chi connectivity index (χ2v) is 8.07. The topological polar surface area (TPSA) is 52.6 Å². The standard InChI is InChI=1S/C19H25IO4/c1-12(2)14-9-8-13(3)10-17(14)24-18(21)11-23-19(22)15-6-4-5-7-16(15)20/h4-7,12-14,17H,8-11H2,1-3H3/t13-,14+,17+/m0/s1. The Morgan fingerprint density at radius 1 is 1.25 bits per heavy atom. The lowest BCUT2D eigenvalue weighted by Gasteiger charge is -2.36. The molecule has 1 fully saturated rings. The van der Waals surface area contributed by atoms with Gasteiger partial charge in [-0.15, -0.1) is 0 Å². The summed E-state index contributed by atoms with van der Waals surface area (Å²) >= 11 is 2.07. The Bertz CT molecular complexity index is 584. The van der Waals surface area contributed by atoms with E-state index in [2.05, 4.69) is 43.4 Å². The third kappa shape index (κ3) is 5.19. The zero-order valence-electron chi connectivity index (χ0n) is 14.5. The highest BCUT2D eigenvalue weighted by molar-refractivity contribution is 14.1. The zero-order chi connectivity index (χ0) is 17.7. The summed E-state index contributed by atoms with van der Waals surface area (Å²) in [5.74, 6) is 0.472. The van der Waals surface area contributed by atoms with Gasteiger partial charge >= 0.3 is 11.9 Å². The third-order valence-corrected chi connectivity index (χ3v) is 5.60. The van der Waals surface area contributed by atoms with Gasteiger partial charge in [0.05, 0.1) is 5.56 Å². The summed E-state index contributed by atoms with van der Waals surface area (Å²) in [5, 5.41) is 0. The summed E-state index contributed by atoms with van der Waals surface area (Å²) in [5.41, 5.74) is 0.470. The molecule has 24 heavy (non-hydrogen) atoms. The highest BCUT2D eigenvalue weighted by Crippen LogP contribution is 2.35. The number of rotatable bonds is 5. The van der Waals surface area contributed by atoms with E-state index >= 15 is 0 Å². The Hall–Kier alpha value is -1.11. The van der Waals surface area contributed by atoms with Crippen molar-refractivity contribution in [1.82, 2.24) is 0 Å². The first-order valence-electron chi connectivity index (χ1n) is 8.49. The molecule has 4 nitrogen and oxygen atoms in total. The maximum Gasteiger partial charge on any atom is 0.344 e. The number of esters is 2. The largest absolute Gasteiger partial charge is 0.460 e. The van der Waals surface area contributed by atoms with E-state index in [0.717, 1.165) is 16.4 Å². The minimum Gasteiger partial charge on any atom is -0.460 e. The van der Waals surface area contributed by atoms with Gasteiger partial charge in [0.2, 0.25) is 0 Å². The molecule has 132 valence electrons. The fraction of sp³-hybridized carbons (Fsp3) is 0.579. The summed E-state index contributed by atoms with van der Waals surface area (Å²) in [4.78, 5) is 24.2. The Balaban J connectivity index is 1.88. The molecule has 0 radical (unpaired) electrons. The fourth-order valence-electron chi connectivity index (χ4n) is 3.28. The number of carbonyl (C=O) groups is 2. The van der Waals surface area contributed by atoms with Gasteiger partial charge in [-0.3, -0.25) is 0 Å². The van der Waals surface area contributed by atoms with Crippen LogP contribution in [0.3, 0.4) is 0 Å². The Morgan fingerprint density at radius 2 is 1.96 bits per heavy atom. The van der Waals surface area contributed by atoms with Crippen LogP contribution in [0.4, 0.5) is 0 Å². The van der Waals surface area contributed by atoms with E-state index in [1.165, 1.54) is 6.42 Å². The monoisotopic (exact) mass is 444 g/mol. The first-order valence-corrected chi connectivity index (χ1v) is 9.57.